The van der Waals surface area contributed by atoms with Gasteiger partial charge in [-0.2, -0.15) is 0 Å². The molecule has 20 heavy (non-hydrogen) atoms. The lowest BCUT2D eigenvalue weighted by molar-refractivity contribution is -0.142. The first-order valence-corrected chi connectivity index (χ1v) is 6.25. The maximum absolute atomic E-state index is 11.5. The third-order valence-electron chi connectivity index (χ3n) is 2.36. The van der Waals surface area contributed by atoms with Gasteiger partial charge in [0.15, 0.2) is 0 Å². The first-order valence-electron chi connectivity index (χ1n) is 6.25. The van der Waals surface area contributed by atoms with Crippen LogP contribution >= 0.6 is 0 Å². The fraction of sp³-hybridized carbons (Fsp3) is 0.750. The zero-order valence-electron chi connectivity index (χ0n) is 12.2. The Morgan fingerprint density at radius 3 is 2.25 bits per heavy atom. The average molecular weight is 290 g/mol. The van der Waals surface area contributed by atoms with Gasteiger partial charge in [0, 0.05) is 6.92 Å². The van der Waals surface area contributed by atoms with E-state index in [1.807, 2.05) is 13.8 Å². The topological polar surface area (TPSA) is 103 Å². The number of rotatable bonds is 7. The molecule has 0 saturated carbocycles. The van der Waals surface area contributed by atoms with Crippen LogP contribution in [-0.4, -0.2) is 51.1 Å². The van der Waals surface area contributed by atoms with Gasteiger partial charge in [-0.1, -0.05) is 13.8 Å². The fourth-order valence-electron chi connectivity index (χ4n) is 1.17. The quantitative estimate of drug-likeness (QED) is 0.405. The highest BCUT2D eigenvalue weighted by molar-refractivity contribution is 5.68. The van der Waals surface area contributed by atoms with Crippen LogP contribution < -0.4 is 10.6 Å². The van der Waals surface area contributed by atoms with E-state index in [-0.39, 0.29) is 31.7 Å². The van der Waals surface area contributed by atoms with Crippen LogP contribution in [0, 0.1) is 5.92 Å². The van der Waals surface area contributed by atoms with Crippen molar-refractivity contribution in [2.75, 3.05) is 26.9 Å². The summed E-state index contributed by atoms with van der Waals surface area (Å²) in [6.45, 7) is 5.31. The largest absolute Gasteiger partial charge is 0.464 e. The van der Waals surface area contributed by atoms with Crippen molar-refractivity contribution in [2.24, 2.45) is 5.92 Å². The molecule has 0 bridgehead atoms. The minimum Gasteiger partial charge on any atom is -0.464 e. The monoisotopic (exact) mass is 290 g/mol. The second kappa shape index (κ2) is 9.88. The Bertz CT molecular complexity index is 332. The van der Waals surface area contributed by atoms with Crippen molar-refractivity contribution in [3.8, 4) is 0 Å². The van der Waals surface area contributed by atoms with E-state index in [1.54, 1.807) is 0 Å². The molecule has 2 N–H and O–H groups in total. The number of ether oxygens (including phenoxy) is 3. The summed E-state index contributed by atoms with van der Waals surface area (Å²) in [5.41, 5.74) is 0. The van der Waals surface area contributed by atoms with E-state index < -0.39 is 18.2 Å². The van der Waals surface area contributed by atoms with Gasteiger partial charge in [-0.15, -0.1) is 0 Å². The van der Waals surface area contributed by atoms with Gasteiger partial charge in [0.05, 0.1) is 19.7 Å². The minimum atomic E-state index is -0.637. The first-order chi connectivity index (χ1) is 9.36. The van der Waals surface area contributed by atoms with Gasteiger partial charge in [-0.05, 0) is 5.92 Å². The van der Waals surface area contributed by atoms with Gasteiger partial charge < -0.3 is 24.8 Å². The summed E-state index contributed by atoms with van der Waals surface area (Å²) >= 11 is 0. The predicted molar refractivity (Wildman–Crippen MR) is 70.2 cm³/mol. The zero-order valence-corrected chi connectivity index (χ0v) is 12.2. The lowest BCUT2D eigenvalue weighted by Gasteiger charge is -2.21. The summed E-state index contributed by atoms with van der Waals surface area (Å²) in [6.07, 6.45) is -1.23. The van der Waals surface area contributed by atoms with Crippen LogP contribution in [0.3, 0.4) is 0 Å². The molecule has 0 unspecified atom stereocenters. The highest BCUT2D eigenvalue weighted by Gasteiger charge is 2.18. The van der Waals surface area contributed by atoms with Crippen molar-refractivity contribution >= 4 is 18.2 Å². The Morgan fingerprint density at radius 1 is 1.10 bits per heavy atom. The van der Waals surface area contributed by atoms with Crippen molar-refractivity contribution < 1.29 is 28.6 Å². The molecule has 0 heterocycles. The molecule has 8 nitrogen and oxygen atoms in total. The molecule has 0 spiro atoms. The Labute approximate surface area is 118 Å². The molecule has 0 saturated heterocycles. The van der Waals surface area contributed by atoms with E-state index >= 15 is 0 Å². The number of carbonyl (C=O) groups is 3. The van der Waals surface area contributed by atoms with Crippen LogP contribution in [0.4, 0.5) is 9.59 Å². The fourth-order valence-corrected chi connectivity index (χ4v) is 1.17. The second-order valence-corrected chi connectivity index (χ2v) is 4.35. The maximum atomic E-state index is 11.5. The molecule has 2 amide bonds. The molecule has 8 heteroatoms. The van der Waals surface area contributed by atoms with E-state index in [4.69, 9.17) is 9.47 Å². The van der Waals surface area contributed by atoms with E-state index in [9.17, 15) is 14.4 Å². The Kier molecular flexibility index (Phi) is 8.89. The van der Waals surface area contributed by atoms with Crippen molar-refractivity contribution in [1.82, 2.24) is 10.6 Å². The number of nitrogens with one attached hydrogen (secondary N) is 2. The molecule has 0 rings (SSSR count). The molecular weight excluding hydrogens is 268 g/mol. The van der Waals surface area contributed by atoms with Gasteiger partial charge in [-0.3, -0.25) is 4.79 Å². The van der Waals surface area contributed by atoms with Crippen LogP contribution in [0.2, 0.25) is 0 Å². The molecule has 0 radical (unpaired) electrons. The molecule has 0 aromatic heterocycles. The number of hydrogen-bond donors (Lipinski definition) is 2. The third-order valence-corrected chi connectivity index (χ3v) is 2.36. The second-order valence-electron chi connectivity index (χ2n) is 4.35. The highest BCUT2D eigenvalue weighted by Crippen LogP contribution is 2.02. The number of amides is 2. The number of esters is 1. The van der Waals surface area contributed by atoms with E-state index in [1.165, 1.54) is 14.0 Å². The Hall–Kier alpha value is -1.99. The normalized spacial score (nSPS) is 11.4. The van der Waals surface area contributed by atoms with Crippen LogP contribution in [0.5, 0.6) is 0 Å². The lowest BCUT2D eigenvalue weighted by atomic mass is 10.1. The van der Waals surface area contributed by atoms with Crippen LogP contribution in [0.15, 0.2) is 0 Å². The molecule has 116 valence electrons. The van der Waals surface area contributed by atoms with Crippen molar-refractivity contribution in [3.05, 3.63) is 0 Å². The summed E-state index contributed by atoms with van der Waals surface area (Å²) in [5.74, 6) is -0.330. The predicted octanol–water partition coefficient (Wildman–Crippen LogP) is 0.656. The lowest BCUT2D eigenvalue weighted by Crippen LogP contribution is -2.43. The SMILES string of the molecule is COC(=O)NCCOC(=O)N[C@H](COC(C)=O)C(C)C. The Balaban J connectivity index is 3.95. The van der Waals surface area contributed by atoms with Crippen molar-refractivity contribution in [3.63, 3.8) is 0 Å². The minimum absolute atomic E-state index is 0.0132. The van der Waals surface area contributed by atoms with Crippen LogP contribution in [0.1, 0.15) is 20.8 Å². The first kappa shape index (κ1) is 18.0. The molecule has 0 aliphatic carbocycles. The summed E-state index contributed by atoms with van der Waals surface area (Å²) < 4.78 is 14.1. The molecule has 0 fully saturated rings. The van der Waals surface area contributed by atoms with E-state index in [0.29, 0.717) is 0 Å². The highest BCUT2D eigenvalue weighted by atomic mass is 16.6. The average Bonchev–Trinajstić information content (AvgIpc) is 2.38. The van der Waals surface area contributed by atoms with Gasteiger partial charge in [0.1, 0.15) is 13.2 Å². The summed E-state index contributed by atoms with van der Waals surface area (Å²) in [7, 11) is 1.24. The zero-order chi connectivity index (χ0) is 15.5. The molecule has 0 aromatic carbocycles. The van der Waals surface area contributed by atoms with E-state index in [2.05, 4.69) is 15.4 Å². The number of carbonyl (C=O) groups excluding carboxylic acids is 3. The third kappa shape index (κ3) is 9.01. The van der Waals surface area contributed by atoms with Crippen LogP contribution in [-0.2, 0) is 19.0 Å². The van der Waals surface area contributed by atoms with E-state index in [0.717, 1.165) is 0 Å². The number of alkyl carbamates (subject to hydrolysis) is 2. The number of hydrogen-bond acceptors (Lipinski definition) is 6. The van der Waals surface area contributed by atoms with Crippen LogP contribution in [0.25, 0.3) is 0 Å². The van der Waals surface area contributed by atoms with Gasteiger partial charge in [0.25, 0.3) is 0 Å². The molecular formula is C12H22N2O6. The number of methoxy groups -OCH3 is 1. The van der Waals surface area contributed by atoms with Gasteiger partial charge in [0.2, 0.25) is 0 Å². The smallest absolute Gasteiger partial charge is 0.407 e. The van der Waals surface area contributed by atoms with Crippen molar-refractivity contribution in [1.29, 1.82) is 0 Å². The molecule has 0 aliphatic rings. The summed E-state index contributed by atoms with van der Waals surface area (Å²) in [5, 5.41) is 4.96. The summed E-state index contributed by atoms with van der Waals surface area (Å²) in [6, 6.07) is -0.333. The van der Waals surface area contributed by atoms with Gasteiger partial charge >= 0.3 is 18.2 Å². The molecule has 0 aromatic rings. The Morgan fingerprint density at radius 2 is 1.75 bits per heavy atom. The maximum Gasteiger partial charge on any atom is 0.407 e. The molecule has 1 atom stereocenters. The van der Waals surface area contributed by atoms with Gasteiger partial charge in [-0.25, -0.2) is 9.59 Å². The van der Waals surface area contributed by atoms with Crippen molar-refractivity contribution in [2.45, 2.75) is 26.8 Å². The molecule has 0 aliphatic heterocycles. The standard InChI is InChI=1S/C12H22N2O6/c1-8(2)10(7-20-9(3)15)14-12(17)19-6-5-13-11(16)18-4/h8,10H,5-7H2,1-4H3,(H,13,16)(H,14,17)/t10-/m1/s1. The summed E-state index contributed by atoms with van der Waals surface area (Å²) in [4.78, 5) is 33.0.